The summed E-state index contributed by atoms with van der Waals surface area (Å²) in [5.41, 5.74) is 0.600. The zero-order chi connectivity index (χ0) is 13.5. The summed E-state index contributed by atoms with van der Waals surface area (Å²) >= 11 is 0. The second-order valence-corrected chi connectivity index (χ2v) is 4.01. The van der Waals surface area contributed by atoms with Crippen molar-refractivity contribution in [1.82, 2.24) is 0 Å². The molecule has 98 valence electrons. The zero-order valence-corrected chi connectivity index (χ0v) is 10.5. The van der Waals surface area contributed by atoms with Gasteiger partial charge in [0.25, 0.3) is 0 Å². The van der Waals surface area contributed by atoms with E-state index in [1.165, 1.54) is 0 Å². The summed E-state index contributed by atoms with van der Waals surface area (Å²) < 4.78 is 5.03. The first kappa shape index (κ1) is 14.0. The molecule has 1 rings (SSSR count). The van der Waals surface area contributed by atoms with Crippen LogP contribution in [-0.4, -0.2) is 23.6 Å². The number of carbonyl (C=O) groups excluding carboxylic acids is 1. The molecule has 0 spiro atoms. The third-order valence-corrected chi connectivity index (χ3v) is 2.52. The fourth-order valence-corrected chi connectivity index (χ4v) is 1.26. The molecule has 1 unspecified atom stereocenters. The maximum atomic E-state index is 11.7. The standard InChI is InChI=1S/C13H17NO4/c1-3-9(2)13(17)14-10-5-4-6-11(7-10)18-8-12(15)16/h4-7,9H,3,8H2,1-2H3,(H,14,17)(H,15,16). The predicted molar refractivity (Wildman–Crippen MR) is 67.7 cm³/mol. The summed E-state index contributed by atoms with van der Waals surface area (Å²) in [5.74, 6) is -0.745. The smallest absolute Gasteiger partial charge is 0.341 e. The molecule has 2 N–H and O–H groups in total. The van der Waals surface area contributed by atoms with Crippen LogP contribution in [0.2, 0.25) is 0 Å². The summed E-state index contributed by atoms with van der Waals surface area (Å²) in [5, 5.41) is 11.3. The molecule has 1 aromatic carbocycles. The number of amides is 1. The van der Waals surface area contributed by atoms with Crippen molar-refractivity contribution in [2.24, 2.45) is 5.92 Å². The van der Waals surface area contributed by atoms with Gasteiger partial charge in [-0.05, 0) is 18.6 Å². The fraction of sp³-hybridized carbons (Fsp3) is 0.385. The van der Waals surface area contributed by atoms with E-state index in [2.05, 4.69) is 5.32 Å². The second kappa shape index (κ2) is 6.64. The van der Waals surface area contributed by atoms with Crippen LogP contribution in [0.5, 0.6) is 5.75 Å². The molecular weight excluding hydrogens is 234 g/mol. The minimum absolute atomic E-state index is 0.0615. The van der Waals surface area contributed by atoms with Crippen molar-refractivity contribution in [3.63, 3.8) is 0 Å². The third-order valence-electron chi connectivity index (χ3n) is 2.52. The lowest BCUT2D eigenvalue weighted by Crippen LogP contribution is -2.19. The maximum absolute atomic E-state index is 11.7. The molecule has 0 radical (unpaired) electrons. The van der Waals surface area contributed by atoms with Crippen LogP contribution in [0.25, 0.3) is 0 Å². The number of nitrogens with one attached hydrogen (secondary N) is 1. The van der Waals surface area contributed by atoms with Crippen molar-refractivity contribution in [3.8, 4) is 5.75 Å². The van der Waals surface area contributed by atoms with Crippen molar-refractivity contribution in [3.05, 3.63) is 24.3 Å². The van der Waals surface area contributed by atoms with E-state index in [1.807, 2.05) is 13.8 Å². The highest BCUT2D eigenvalue weighted by molar-refractivity contribution is 5.92. The van der Waals surface area contributed by atoms with Crippen LogP contribution in [-0.2, 0) is 9.59 Å². The van der Waals surface area contributed by atoms with Crippen LogP contribution in [0.3, 0.4) is 0 Å². The van der Waals surface area contributed by atoms with Crippen molar-refractivity contribution >= 4 is 17.6 Å². The normalized spacial score (nSPS) is 11.7. The summed E-state index contributed by atoms with van der Waals surface area (Å²) in [4.78, 5) is 22.0. The van der Waals surface area contributed by atoms with Gasteiger partial charge in [-0.25, -0.2) is 4.79 Å². The number of rotatable bonds is 6. The number of anilines is 1. The van der Waals surface area contributed by atoms with Gasteiger partial charge < -0.3 is 15.2 Å². The molecule has 0 heterocycles. The number of carboxylic acids is 1. The molecule has 0 saturated carbocycles. The second-order valence-electron chi connectivity index (χ2n) is 4.01. The zero-order valence-electron chi connectivity index (χ0n) is 10.5. The van der Waals surface area contributed by atoms with E-state index in [1.54, 1.807) is 24.3 Å². The number of ether oxygens (including phenoxy) is 1. The van der Waals surface area contributed by atoms with Gasteiger partial charge in [0, 0.05) is 17.7 Å². The van der Waals surface area contributed by atoms with Gasteiger partial charge in [-0.2, -0.15) is 0 Å². The van der Waals surface area contributed by atoms with Crippen LogP contribution < -0.4 is 10.1 Å². The maximum Gasteiger partial charge on any atom is 0.341 e. The van der Waals surface area contributed by atoms with Crippen LogP contribution >= 0.6 is 0 Å². The van der Waals surface area contributed by atoms with Gasteiger partial charge in [-0.1, -0.05) is 19.9 Å². The Morgan fingerprint density at radius 2 is 2.17 bits per heavy atom. The summed E-state index contributed by atoms with van der Waals surface area (Å²) in [6, 6.07) is 6.67. The average molecular weight is 251 g/mol. The lowest BCUT2D eigenvalue weighted by Gasteiger charge is -2.11. The van der Waals surface area contributed by atoms with Gasteiger partial charge in [0.1, 0.15) is 5.75 Å². The molecule has 1 atom stereocenters. The summed E-state index contributed by atoms with van der Waals surface area (Å²) in [7, 11) is 0. The number of aliphatic carboxylic acids is 1. The van der Waals surface area contributed by atoms with Gasteiger partial charge in [-0.3, -0.25) is 4.79 Å². The molecule has 0 aliphatic heterocycles. The summed E-state index contributed by atoms with van der Waals surface area (Å²) in [6.07, 6.45) is 0.765. The van der Waals surface area contributed by atoms with Crippen molar-refractivity contribution in [1.29, 1.82) is 0 Å². The van der Waals surface area contributed by atoms with E-state index in [0.717, 1.165) is 6.42 Å². The van der Waals surface area contributed by atoms with E-state index >= 15 is 0 Å². The Kier molecular flexibility index (Phi) is 5.17. The van der Waals surface area contributed by atoms with Gasteiger partial charge in [0.05, 0.1) is 0 Å². The Morgan fingerprint density at radius 3 is 2.78 bits per heavy atom. The Balaban J connectivity index is 2.64. The largest absolute Gasteiger partial charge is 0.482 e. The van der Waals surface area contributed by atoms with E-state index in [-0.39, 0.29) is 11.8 Å². The third kappa shape index (κ3) is 4.45. The first-order valence-corrected chi connectivity index (χ1v) is 5.78. The molecule has 0 aromatic heterocycles. The van der Waals surface area contributed by atoms with E-state index < -0.39 is 12.6 Å². The van der Waals surface area contributed by atoms with E-state index in [4.69, 9.17) is 9.84 Å². The summed E-state index contributed by atoms with van der Waals surface area (Å²) in [6.45, 7) is 3.39. The molecule has 1 amide bonds. The number of hydrogen-bond acceptors (Lipinski definition) is 3. The van der Waals surface area contributed by atoms with Gasteiger partial charge >= 0.3 is 5.97 Å². The van der Waals surface area contributed by atoms with E-state index in [9.17, 15) is 9.59 Å². The SMILES string of the molecule is CCC(C)C(=O)Nc1cccc(OCC(=O)O)c1. The molecule has 0 bridgehead atoms. The Hall–Kier alpha value is -2.04. The molecule has 5 nitrogen and oxygen atoms in total. The number of carbonyl (C=O) groups is 2. The molecule has 0 aliphatic carbocycles. The Labute approximate surface area is 106 Å². The van der Waals surface area contributed by atoms with Crippen molar-refractivity contribution in [2.45, 2.75) is 20.3 Å². The van der Waals surface area contributed by atoms with Crippen LogP contribution in [0, 0.1) is 5.92 Å². The van der Waals surface area contributed by atoms with Crippen LogP contribution in [0.1, 0.15) is 20.3 Å². The Morgan fingerprint density at radius 1 is 1.44 bits per heavy atom. The van der Waals surface area contributed by atoms with Crippen molar-refractivity contribution in [2.75, 3.05) is 11.9 Å². The van der Waals surface area contributed by atoms with E-state index in [0.29, 0.717) is 11.4 Å². The monoisotopic (exact) mass is 251 g/mol. The van der Waals surface area contributed by atoms with Crippen LogP contribution in [0.4, 0.5) is 5.69 Å². The van der Waals surface area contributed by atoms with Gasteiger partial charge in [-0.15, -0.1) is 0 Å². The predicted octanol–water partition coefficient (Wildman–Crippen LogP) is 2.13. The van der Waals surface area contributed by atoms with Gasteiger partial charge in [0.2, 0.25) is 5.91 Å². The molecule has 0 saturated heterocycles. The number of carboxylic acid groups (broad SMARTS) is 1. The Bertz CT molecular complexity index is 431. The molecular formula is C13H17NO4. The molecule has 5 heteroatoms. The fourth-order valence-electron chi connectivity index (χ4n) is 1.26. The highest BCUT2D eigenvalue weighted by atomic mass is 16.5. The average Bonchev–Trinajstić information content (AvgIpc) is 2.35. The molecule has 18 heavy (non-hydrogen) atoms. The van der Waals surface area contributed by atoms with Crippen LogP contribution in [0.15, 0.2) is 24.3 Å². The minimum atomic E-state index is -1.04. The topological polar surface area (TPSA) is 75.6 Å². The van der Waals surface area contributed by atoms with Crippen molar-refractivity contribution < 1.29 is 19.4 Å². The van der Waals surface area contributed by atoms with Gasteiger partial charge in [0.15, 0.2) is 6.61 Å². The number of hydrogen-bond donors (Lipinski definition) is 2. The molecule has 0 aliphatic rings. The number of benzene rings is 1. The first-order chi connectivity index (χ1) is 8.52. The molecule has 0 fully saturated rings. The minimum Gasteiger partial charge on any atom is -0.482 e. The highest BCUT2D eigenvalue weighted by Gasteiger charge is 2.10. The first-order valence-electron chi connectivity index (χ1n) is 5.78. The highest BCUT2D eigenvalue weighted by Crippen LogP contribution is 2.18. The lowest BCUT2D eigenvalue weighted by molar-refractivity contribution is -0.139. The molecule has 1 aromatic rings. The lowest BCUT2D eigenvalue weighted by atomic mass is 10.1. The quantitative estimate of drug-likeness (QED) is 0.812.